The SMILES string of the molecule is COc1ccc(C(=O)NCc2noc(COc3ccccc3)n2)c(OC)c1. The van der Waals surface area contributed by atoms with Gasteiger partial charge in [0.05, 0.1) is 26.3 Å². The smallest absolute Gasteiger partial charge is 0.264 e. The molecule has 0 fully saturated rings. The van der Waals surface area contributed by atoms with Crippen LogP contribution in [0.2, 0.25) is 0 Å². The molecule has 1 N–H and O–H groups in total. The van der Waals surface area contributed by atoms with Gasteiger partial charge in [0.1, 0.15) is 17.2 Å². The zero-order valence-corrected chi connectivity index (χ0v) is 15.0. The molecule has 1 aromatic heterocycles. The maximum atomic E-state index is 12.4. The number of para-hydroxylation sites is 1. The maximum Gasteiger partial charge on any atom is 0.264 e. The Hall–Kier alpha value is -3.55. The van der Waals surface area contributed by atoms with Crippen molar-refractivity contribution in [2.75, 3.05) is 14.2 Å². The first-order valence-electron chi connectivity index (χ1n) is 8.19. The molecule has 8 nitrogen and oxygen atoms in total. The normalized spacial score (nSPS) is 10.3. The molecule has 3 rings (SSSR count). The van der Waals surface area contributed by atoms with Crippen molar-refractivity contribution in [3.63, 3.8) is 0 Å². The van der Waals surface area contributed by atoms with Crippen molar-refractivity contribution in [3.8, 4) is 17.2 Å². The van der Waals surface area contributed by atoms with Crippen LogP contribution in [0.4, 0.5) is 0 Å². The van der Waals surface area contributed by atoms with Gasteiger partial charge in [-0.2, -0.15) is 4.98 Å². The molecule has 0 atom stereocenters. The van der Waals surface area contributed by atoms with Gasteiger partial charge in [0.25, 0.3) is 11.8 Å². The molecule has 0 spiro atoms. The van der Waals surface area contributed by atoms with Gasteiger partial charge in [-0.05, 0) is 24.3 Å². The standard InChI is InChI=1S/C19H19N3O5/c1-24-14-8-9-15(16(10-14)25-2)19(23)20-11-17-21-18(27-22-17)12-26-13-6-4-3-5-7-13/h3-10H,11-12H2,1-2H3,(H,20,23). The number of nitrogens with zero attached hydrogens (tertiary/aromatic N) is 2. The van der Waals surface area contributed by atoms with E-state index in [4.69, 9.17) is 18.7 Å². The summed E-state index contributed by atoms with van der Waals surface area (Å²) >= 11 is 0. The lowest BCUT2D eigenvalue weighted by Gasteiger charge is -2.09. The van der Waals surface area contributed by atoms with Gasteiger partial charge >= 0.3 is 0 Å². The van der Waals surface area contributed by atoms with E-state index < -0.39 is 0 Å². The zero-order chi connectivity index (χ0) is 19.1. The summed E-state index contributed by atoms with van der Waals surface area (Å²) < 4.78 is 21.0. The average Bonchev–Trinajstić information content (AvgIpc) is 3.18. The van der Waals surface area contributed by atoms with Crippen LogP contribution in [-0.4, -0.2) is 30.3 Å². The van der Waals surface area contributed by atoms with Crippen molar-refractivity contribution in [1.82, 2.24) is 15.5 Å². The Morgan fingerprint density at radius 3 is 2.63 bits per heavy atom. The molecule has 1 amide bonds. The molecule has 140 valence electrons. The van der Waals surface area contributed by atoms with Crippen LogP contribution in [0.5, 0.6) is 17.2 Å². The Balaban J connectivity index is 1.56. The van der Waals surface area contributed by atoms with E-state index in [-0.39, 0.29) is 19.1 Å². The molecule has 27 heavy (non-hydrogen) atoms. The third-order valence-corrected chi connectivity index (χ3v) is 3.68. The summed E-state index contributed by atoms with van der Waals surface area (Å²) in [5, 5.41) is 6.56. The van der Waals surface area contributed by atoms with Crippen LogP contribution < -0.4 is 19.5 Å². The number of amides is 1. The topological polar surface area (TPSA) is 95.7 Å². The highest BCUT2D eigenvalue weighted by atomic mass is 16.5. The fourth-order valence-corrected chi connectivity index (χ4v) is 2.32. The number of benzene rings is 2. The highest BCUT2D eigenvalue weighted by molar-refractivity contribution is 5.97. The molecule has 0 saturated heterocycles. The van der Waals surface area contributed by atoms with Crippen LogP contribution in [-0.2, 0) is 13.2 Å². The van der Waals surface area contributed by atoms with E-state index >= 15 is 0 Å². The Kier molecular flexibility index (Phi) is 5.88. The Morgan fingerprint density at radius 1 is 1.07 bits per heavy atom. The average molecular weight is 369 g/mol. The first kappa shape index (κ1) is 18.2. The summed E-state index contributed by atoms with van der Waals surface area (Å²) in [5.74, 6) is 2.08. The van der Waals surface area contributed by atoms with Crippen molar-refractivity contribution >= 4 is 5.91 Å². The predicted octanol–water partition coefficient (Wildman–Crippen LogP) is 2.60. The van der Waals surface area contributed by atoms with Crippen LogP contribution in [0.1, 0.15) is 22.1 Å². The minimum atomic E-state index is -0.318. The lowest BCUT2D eigenvalue weighted by molar-refractivity contribution is 0.0946. The fraction of sp³-hybridized carbons (Fsp3) is 0.211. The highest BCUT2D eigenvalue weighted by Gasteiger charge is 2.14. The first-order valence-corrected chi connectivity index (χ1v) is 8.19. The van der Waals surface area contributed by atoms with E-state index in [0.29, 0.717) is 34.5 Å². The second-order valence-electron chi connectivity index (χ2n) is 5.45. The van der Waals surface area contributed by atoms with Gasteiger partial charge < -0.3 is 24.1 Å². The largest absolute Gasteiger partial charge is 0.497 e. The predicted molar refractivity (Wildman–Crippen MR) is 95.8 cm³/mol. The molecule has 1 heterocycles. The lowest BCUT2D eigenvalue weighted by Crippen LogP contribution is -2.24. The van der Waals surface area contributed by atoms with E-state index in [9.17, 15) is 4.79 Å². The van der Waals surface area contributed by atoms with Crippen molar-refractivity contribution in [1.29, 1.82) is 0 Å². The molecule has 0 aliphatic carbocycles. The molecule has 0 unspecified atom stereocenters. The molecule has 3 aromatic rings. The van der Waals surface area contributed by atoms with Crippen LogP contribution in [0.25, 0.3) is 0 Å². The van der Waals surface area contributed by atoms with Gasteiger partial charge in [0.15, 0.2) is 12.4 Å². The van der Waals surface area contributed by atoms with Crippen molar-refractivity contribution in [2.24, 2.45) is 0 Å². The lowest BCUT2D eigenvalue weighted by atomic mass is 10.1. The summed E-state index contributed by atoms with van der Waals surface area (Å²) in [7, 11) is 3.04. The third kappa shape index (κ3) is 4.75. The minimum absolute atomic E-state index is 0.114. The fourth-order valence-electron chi connectivity index (χ4n) is 2.32. The summed E-state index contributed by atoms with van der Waals surface area (Å²) in [6.07, 6.45) is 0. The van der Waals surface area contributed by atoms with Gasteiger partial charge in [-0.25, -0.2) is 0 Å². The number of carbonyl (C=O) groups excluding carboxylic acids is 1. The molecular formula is C19H19N3O5. The van der Waals surface area contributed by atoms with Crippen LogP contribution >= 0.6 is 0 Å². The quantitative estimate of drug-likeness (QED) is 0.652. The van der Waals surface area contributed by atoms with Crippen LogP contribution in [0.15, 0.2) is 53.1 Å². The molecule has 0 radical (unpaired) electrons. The zero-order valence-electron chi connectivity index (χ0n) is 15.0. The van der Waals surface area contributed by atoms with Gasteiger partial charge in [-0.3, -0.25) is 4.79 Å². The Bertz CT molecular complexity index is 895. The van der Waals surface area contributed by atoms with Crippen molar-refractivity contribution in [2.45, 2.75) is 13.2 Å². The first-order chi connectivity index (χ1) is 13.2. The summed E-state index contributed by atoms with van der Waals surface area (Å²) in [5.41, 5.74) is 0.384. The van der Waals surface area contributed by atoms with Crippen LogP contribution in [0, 0.1) is 0 Å². The number of nitrogens with one attached hydrogen (secondary N) is 1. The summed E-state index contributed by atoms with van der Waals surface area (Å²) in [6.45, 7) is 0.264. The maximum absolute atomic E-state index is 12.4. The number of carbonyl (C=O) groups is 1. The van der Waals surface area contributed by atoms with Crippen molar-refractivity contribution < 1.29 is 23.5 Å². The number of aromatic nitrogens is 2. The van der Waals surface area contributed by atoms with Crippen molar-refractivity contribution in [3.05, 3.63) is 65.8 Å². The number of ether oxygens (including phenoxy) is 3. The Morgan fingerprint density at radius 2 is 1.89 bits per heavy atom. The third-order valence-electron chi connectivity index (χ3n) is 3.68. The van der Waals surface area contributed by atoms with Gasteiger partial charge in [0, 0.05) is 6.07 Å². The van der Waals surface area contributed by atoms with E-state index in [1.165, 1.54) is 7.11 Å². The summed E-state index contributed by atoms with van der Waals surface area (Å²) in [6, 6.07) is 14.3. The monoisotopic (exact) mass is 369 g/mol. The number of rotatable bonds is 8. The van der Waals surface area contributed by atoms with E-state index in [2.05, 4.69) is 15.5 Å². The number of hydrogen-bond donors (Lipinski definition) is 1. The van der Waals surface area contributed by atoms with Gasteiger partial charge in [-0.15, -0.1) is 0 Å². The molecule has 2 aromatic carbocycles. The number of methoxy groups -OCH3 is 2. The summed E-state index contributed by atoms with van der Waals surface area (Å²) in [4.78, 5) is 16.6. The second kappa shape index (κ2) is 8.70. The van der Waals surface area contributed by atoms with E-state index in [1.54, 1.807) is 25.3 Å². The molecule has 0 aliphatic heterocycles. The highest BCUT2D eigenvalue weighted by Crippen LogP contribution is 2.24. The van der Waals surface area contributed by atoms with E-state index in [0.717, 1.165) is 0 Å². The molecule has 0 saturated carbocycles. The van der Waals surface area contributed by atoms with Gasteiger partial charge in [0.2, 0.25) is 0 Å². The Labute approximate surface area is 156 Å². The van der Waals surface area contributed by atoms with E-state index in [1.807, 2.05) is 30.3 Å². The molecule has 0 bridgehead atoms. The van der Waals surface area contributed by atoms with Gasteiger partial charge in [-0.1, -0.05) is 23.4 Å². The van der Waals surface area contributed by atoms with Crippen LogP contribution in [0.3, 0.4) is 0 Å². The minimum Gasteiger partial charge on any atom is -0.497 e. The number of hydrogen-bond acceptors (Lipinski definition) is 7. The molecule has 8 heteroatoms. The molecule has 0 aliphatic rings. The molecular weight excluding hydrogens is 350 g/mol. The second-order valence-corrected chi connectivity index (χ2v) is 5.45.